The fourth-order valence-corrected chi connectivity index (χ4v) is 1.61. The lowest BCUT2D eigenvalue weighted by Gasteiger charge is -2.43. The molecule has 0 fully saturated rings. The molecule has 0 aliphatic rings. The number of aliphatic hydroxyl groups is 1. The van der Waals surface area contributed by atoms with E-state index in [1.807, 2.05) is 0 Å². The van der Waals surface area contributed by atoms with Crippen molar-refractivity contribution < 1.29 is 71.7 Å². The van der Waals surface area contributed by atoms with Crippen LogP contribution in [0.5, 0.6) is 0 Å². The Balaban J connectivity index is 6.62. The Kier molecular flexibility index (Phi) is 6.76. The summed E-state index contributed by atoms with van der Waals surface area (Å²) in [5.74, 6) is -46.1. The number of esters is 1. The van der Waals surface area contributed by atoms with Gasteiger partial charge in [-0.3, -0.25) is 0 Å². The first-order valence-corrected chi connectivity index (χ1v) is 6.96. The van der Waals surface area contributed by atoms with E-state index >= 15 is 0 Å². The highest BCUT2D eigenvalue weighted by Crippen LogP contribution is 2.62. The average molecular weight is 462 g/mol. The van der Waals surface area contributed by atoms with Gasteiger partial charge in [0.25, 0.3) is 5.79 Å². The number of carbonyl (C=O) groups is 1. The van der Waals surface area contributed by atoms with E-state index in [0.717, 1.165) is 0 Å². The summed E-state index contributed by atoms with van der Waals surface area (Å²) in [6.07, 6.45) is -9.47. The van der Waals surface area contributed by atoms with Crippen LogP contribution in [0.1, 0.15) is 20.3 Å². The van der Waals surface area contributed by atoms with E-state index in [4.69, 9.17) is 0 Å². The molecule has 0 radical (unpaired) electrons. The third-order valence-corrected chi connectivity index (χ3v) is 3.51. The second kappa shape index (κ2) is 7.19. The van der Waals surface area contributed by atoms with E-state index in [0.29, 0.717) is 6.92 Å². The zero-order chi connectivity index (χ0) is 24.1. The second-order valence-corrected chi connectivity index (χ2v) is 5.68. The molecule has 0 rings (SSSR count). The van der Waals surface area contributed by atoms with Crippen molar-refractivity contribution in [3.8, 4) is 0 Å². The molecule has 0 saturated heterocycles. The van der Waals surface area contributed by atoms with Gasteiger partial charge in [-0.25, -0.2) is 4.79 Å². The molecule has 0 aromatic rings. The quantitative estimate of drug-likeness (QED) is 0.241. The van der Waals surface area contributed by atoms with Crippen LogP contribution in [0, 0.1) is 0 Å². The van der Waals surface area contributed by atoms with Crippen molar-refractivity contribution in [2.45, 2.75) is 61.8 Å². The molecule has 0 heterocycles. The first-order chi connectivity index (χ1) is 12.4. The van der Waals surface area contributed by atoms with E-state index < -0.39 is 59.5 Å². The number of rotatable bonds is 8. The van der Waals surface area contributed by atoms with Crippen LogP contribution in [-0.4, -0.2) is 52.7 Å². The summed E-state index contributed by atoms with van der Waals surface area (Å²) < 4.78 is 173. The molecule has 1 N–H and O–H groups in total. The minimum Gasteiger partial charge on any atom is -0.423 e. The van der Waals surface area contributed by atoms with Crippen LogP contribution < -0.4 is 0 Å². The van der Waals surface area contributed by atoms with Crippen LogP contribution in [0.2, 0.25) is 0 Å². The second-order valence-electron chi connectivity index (χ2n) is 5.68. The van der Waals surface area contributed by atoms with Gasteiger partial charge in [-0.1, -0.05) is 13.5 Å². The van der Waals surface area contributed by atoms with Crippen molar-refractivity contribution in [1.82, 2.24) is 0 Å². The monoisotopic (exact) mass is 462 g/mol. The largest absolute Gasteiger partial charge is 0.460 e. The van der Waals surface area contributed by atoms with Crippen LogP contribution >= 0.6 is 0 Å². The van der Waals surface area contributed by atoms with Gasteiger partial charge in [0.2, 0.25) is 0 Å². The highest BCUT2D eigenvalue weighted by molar-refractivity contribution is 5.87. The topological polar surface area (TPSA) is 46.5 Å². The molecule has 16 heteroatoms. The minimum absolute atomic E-state index is 0.288. The molecule has 0 amide bonds. The van der Waals surface area contributed by atoms with Gasteiger partial charge < -0.3 is 9.84 Å². The van der Waals surface area contributed by atoms with Crippen molar-refractivity contribution in [3.63, 3.8) is 0 Å². The summed E-state index contributed by atoms with van der Waals surface area (Å²) in [6, 6.07) is 0. The fourth-order valence-electron chi connectivity index (χ4n) is 1.61. The van der Waals surface area contributed by atoms with Crippen molar-refractivity contribution in [2.24, 2.45) is 0 Å². The molecular weight excluding hydrogens is 451 g/mol. The van der Waals surface area contributed by atoms with Crippen LogP contribution in [0.4, 0.5) is 57.1 Å². The molecule has 0 aromatic heterocycles. The van der Waals surface area contributed by atoms with Crippen molar-refractivity contribution in [2.75, 3.05) is 0 Å². The normalized spacial score (nSPS) is 17.0. The summed E-state index contributed by atoms with van der Waals surface area (Å²) in [4.78, 5) is 11.2. The van der Waals surface area contributed by atoms with Gasteiger partial charge in [0.1, 0.15) is 0 Å². The van der Waals surface area contributed by atoms with Crippen molar-refractivity contribution in [3.05, 3.63) is 12.2 Å². The number of alkyl halides is 13. The summed E-state index contributed by atoms with van der Waals surface area (Å²) in [7, 11) is 0. The molecular formula is C13H11F13O3. The van der Waals surface area contributed by atoms with E-state index in [-0.39, 0.29) is 6.92 Å². The Morgan fingerprint density at radius 2 is 1.07 bits per heavy atom. The molecule has 3 nitrogen and oxygen atoms in total. The van der Waals surface area contributed by atoms with Crippen LogP contribution in [0.3, 0.4) is 0 Å². The molecule has 0 bridgehead atoms. The van der Waals surface area contributed by atoms with E-state index in [1.54, 1.807) is 0 Å². The maximum atomic E-state index is 13.9. The van der Waals surface area contributed by atoms with E-state index in [2.05, 4.69) is 11.3 Å². The highest BCUT2D eigenvalue weighted by Gasteiger charge is 2.93. The Morgan fingerprint density at radius 3 is 1.34 bits per heavy atom. The number of ether oxygens (including phenoxy) is 1. The Bertz CT molecular complexity index is 653. The number of carbonyl (C=O) groups excluding carboxylic acids is 1. The zero-order valence-corrected chi connectivity index (χ0v) is 14.1. The van der Waals surface area contributed by atoms with Crippen molar-refractivity contribution >= 4 is 5.97 Å². The van der Waals surface area contributed by atoms with E-state index in [1.165, 1.54) is 0 Å². The lowest BCUT2D eigenvalue weighted by Crippen LogP contribution is -2.74. The molecule has 29 heavy (non-hydrogen) atoms. The first kappa shape index (κ1) is 27.3. The van der Waals surface area contributed by atoms with Gasteiger partial charge in [-0.05, 0) is 6.92 Å². The third kappa shape index (κ3) is 3.74. The summed E-state index contributed by atoms with van der Waals surface area (Å²) >= 11 is 0. The molecule has 0 spiro atoms. The summed E-state index contributed by atoms with van der Waals surface area (Å²) in [5.41, 5.74) is -0.892. The van der Waals surface area contributed by atoms with Gasteiger partial charge >= 0.3 is 41.8 Å². The van der Waals surface area contributed by atoms with Gasteiger partial charge in [0, 0.05) is 12.0 Å². The minimum atomic E-state index is -8.13. The van der Waals surface area contributed by atoms with Gasteiger partial charge in [0.05, 0.1) is 0 Å². The molecule has 1 atom stereocenters. The predicted octanol–water partition coefficient (Wildman–Crippen LogP) is 4.94. The maximum Gasteiger partial charge on any atom is 0.460 e. The van der Waals surface area contributed by atoms with Crippen molar-refractivity contribution in [1.29, 1.82) is 0 Å². The molecule has 172 valence electrons. The van der Waals surface area contributed by atoms with Gasteiger partial charge in [-0.2, -0.15) is 57.1 Å². The first-order valence-electron chi connectivity index (χ1n) is 6.96. The van der Waals surface area contributed by atoms with Gasteiger partial charge in [0.15, 0.2) is 0 Å². The standard InChI is InChI=1S/C13H11F13O3/c1-4-7(28,29-6(27)5(2)3)8(14,15)9(16,17)10(18,19)11(20,21)12(22,23)13(24,25)26/h28H,2,4H2,1,3H3. The molecule has 0 aromatic carbocycles. The average Bonchev–Trinajstić information content (AvgIpc) is 2.52. The molecule has 0 saturated carbocycles. The third-order valence-electron chi connectivity index (χ3n) is 3.51. The molecule has 0 aliphatic heterocycles. The zero-order valence-electron chi connectivity index (χ0n) is 14.1. The van der Waals surface area contributed by atoms with Crippen LogP contribution in [0.15, 0.2) is 12.2 Å². The highest BCUT2D eigenvalue weighted by atomic mass is 19.4. The van der Waals surface area contributed by atoms with Crippen LogP contribution in [-0.2, 0) is 9.53 Å². The fraction of sp³-hybridized carbons (Fsp3) is 0.769. The van der Waals surface area contributed by atoms with E-state index in [9.17, 15) is 67.0 Å². The summed E-state index contributed by atoms with van der Waals surface area (Å²) in [6.45, 7) is 3.72. The van der Waals surface area contributed by atoms with Gasteiger partial charge in [-0.15, -0.1) is 0 Å². The Labute approximate surface area is 153 Å². The smallest absolute Gasteiger partial charge is 0.423 e. The number of hydrogen-bond donors (Lipinski definition) is 1. The van der Waals surface area contributed by atoms with Crippen LogP contribution in [0.25, 0.3) is 0 Å². The summed E-state index contributed by atoms with van der Waals surface area (Å²) in [5, 5.41) is 9.39. The Hall–Kier alpha value is -1.74. The molecule has 0 aliphatic carbocycles. The maximum absolute atomic E-state index is 13.9. The SMILES string of the molecule is C=C(C)C(=O)OC(O)(CC)C(F)(F)C(F)(F)C(F)(F)C(F)(F)C(F)(F)C(F)(F)F. The number of halogens is 13. The number of hydrogen-bond acceptors (Lipinski definition) is 3. The predicted molar refractivity (Wildman–Crippen MR) is 66.9 cm³/mol. The lowest BCUT2D eigenvalue weighted by molar-refractivity contribution is -0.461. The Morgan fingerprint density at radius 1 is 0.759 bits per heavy atom. The molecule has 1 unspecified atom stereocenters. The lowest BCUT2D eigenvalue weighted by atomic mass is 9.89.